The van der Waals surface area contributed by atoms with Crippen LogP contribution < -0.4 is 25.5 Å². The molecule has 0 atom stereocenters. The number of hydrogen-bond acceptors (Lipinski definition) is 6. The van der Waals surface area contributed by atoms with Crippen molar-refractivity contribution in [3.63, 3.8) is 0 Å². The highest BCUT2D eigenvalue weighted by atomic mass is 35.5. The highest BCUT2D eigenvalue weighted by Gasteiger charge is 2.26. The van der Waals surface area contributed by atoms with E-state index in [1.54, 1.807) is 36.4 Å². The zero-order valence-corrected chi connectivity index (χ0v) is 19.1. The highest BCUT2D eigenvalue weighted by Crippen LogP contribution is 2.28. The topological polar surface area (TPSA) is 118 Å². The fourth-order valence-electron chi connectivity index (χ4n) is 2.76. The van der Waals surface area contributed by atoms with Crippen LogP contribution in [0.4, 0.5) is 5.69 Å². The number of hydrazone groups is 1. The molecule has 0 heterocycles. The monoisotopic (exact) mass is 472 g/mol. The molecule has 0 aromatic heterocycles. The second kappa shape index (κ2) is 11.3. The lowest BCUT2D eigenvalue weighted by molar-refractivity contribution is -0.139. The number of halogens is 1. The molecule has 2 aromatic rings. The summed E-state index contributed by atoms with van der Waals surface area (Å²) in [7, 11) is 0. The van der Waals surface area contributed by atoms with Gasteiger partial charge in [-0.2, -0.15) is 5.10 Å². The number of amides is 3. The average molecular weight is 473 g/mol. The summed E-state index contributed by atoms with van der Waals surface area (Å²) in [6.45, 7) is 3.78. The zero-order chi connectivity index (χ0) is 23.8. The molecule has 174 valence electrons. The average Bonchev–Trinajstić information content (AvgIpc) is 3.60. The van der Waals surface area contributed by atoms with Crippen molar-refractivity contribution >= 4 is 41.2 Å². The Hall–Kier alpha value is -3.59. The number of nitrogens with one attached hydrogen (secondary N) is 3. The molecule has 1 aliphatic rings. The Bertz CT molecular complexity index is 1070. The van der Waals surface area contributed by atoms with Crippen molar-refractivity contribution in [3.05, 3.63) is 52.5 Å². The number of carbonyl (C=O) groups excluding carboxylic acids is 3. The first kappa shape index (κ1) is 24.1. The van der Waals surface area contributed by atoms with Crippen LogP contribution in [0.15, 0.2) is 41.5 Å². The Labute approximate surface area is 196 Å². The normalized spacial score (nSPS) is 12.8. The van der Waals surface area contributed by atoms with Crippen LogP contribution in [0, 0.1) is 6.92 Å². The number of nitrogens with zero attached hydrogens (tertiary/aromatic N) is 1. The van der Waals surface area contributed by atoms with Gasteiger partial charge in [0.25, 0.3) is 5.91 Å². The van der Waals surface area contributed by atoms with Gasteiger partial charge in [-0.25, -0.2) is 5.43 Å². The maximum atomic E-state index is 12.3. The second-order valence-corrected chi connectivity index (χ2v) is 7.74. The summed E-state index contributed by atoms with van der Waals surface area (Å²) in [4.78, 5) is 35.6. The molecule has 1 saturated carbocycles. The van der Waals surface area contributed by atoms with E-state index in [1.807, 2.05) is 13.8 Å². The van der Waals surface area contributed by atoms with Gasteiger partial charge in [-0.3, -0.25) is 14.4 Å². The van der Waals surface area contributed by atoms with E-state index >= 15 is 0 Å². The molecule has 3 rings (SSSR count). The molecule has 1 aliphatic carbocycles. The Morgan fingerprint density at radius 2 is 1.91 bits per heavy atom. The minimum Gasteiger partial charge on any atom is -0.490 e. The Kier molecular flexibility index (Phi) is 8.26. The van der Waals surface area contributed by atoms with E-state index in [1.165, 1.54) is 6.21 Å². The molecule has 0 radical (unpaired) electrons. The number of anilines is 1. The Balaban J connectivity index is 1.57. The first-order chi connectivity index (χ1) is 15.9. The molecular weight excluding hydrogens is 448 g/mol. The van der Waals surface area contributed by atoms with E-state index in [0.717, 1.165) is 18.4 Å². The minimum absolute atomic E-state index is 0.0881. The first-order valence-electron chi connectivity index (χ1n) is 10.5. The summed E-state index contributed by atoms with van der Waals surface area (Å²) in [6, 6.07) is 10.3. The molecule has 3 N–H and O–H groups in total. The Morgan fingerprint density at radius 3 is 2.64 bits per heavy atom. The standard InChI is InChI=1S/C23H25ClN4O5/c1-3-32-20-11-15(12-25-28-23(31)22(30)26-16-8-9-16)7-10-19(20)33-13-21(29)27-18-6-4-5-17(24)14(18)2/h4-7,10-12,16H,3,8-9,13H2,1-2H3,(H,26,30)(H,27,29)(H,28,31)/b25-12-. The Morgan fingerprint density at radius 1 is 1.12 bits per heavy atom. The van der Waals surface area contributed by atoms with Crippen molar-refractivity contribution in [1.29, 1.82) is 0 Å². The van der Waals surface area contributed by atoms with Crippen molar-refractivity contribution < 1.29 is 23.9 Å². The molecular formula is C23H25ClN4O5. The SMILES string of the molecule is CCOc1cc(/C=N\NC(=O)C(=O)NC2CC2)ccc1OCC(=O)Nc1cccc(Cl)c1C. The fourth-order valence-corrected chi connectivity index (χ4v) is 2.93. The number of hydrogen-bond donors (Lipinski definition) is 3. The van der Waals surface area contributed by atoms with Crippen LogP contribution in [0.25, 0.3) is 0 Å². The van der Waals surface area contributed by atoms with Gasteiger partial charge < -0.3 is 20.1 Å². The van der Waals surface area contributed by atoms with Gasteiger partial charge in [0.15, 0.2) is 18.1 Å². The lowest BCUT2D eigenvalue weighted by Gasteiger charge is -2.13. The van der Waals surface area contributed by atoms with Gasteiger partial charge in [-0.15, -0.1) is 0 Å². The molecule has 0 unspecified atom stereocenters. The van der Waals surface area contributed by atoms with Gasteiger partial charge in [0, 0.05) is 16.8 Å². The molecule has 0 aliphatic heterocycles. The summed E-state index contributed by atoms with van der Waals surface area (Å²) in [5, 5.41) is 9.70. The summed E-state index contributed by atoms with van der Waals surface area (Å²) >= 11 is 6.08. The molecule has 33 heavy (non-hydrogen) atoms. The molecule has 0 bridgehead atoms. The molecule has 9 nitrogen and oxygen atoms in total. The summed E-state index contributed by atoms with van der Waals surface area (Å²) < 4.78 is 11.2. The van der Waals surface area contributed by atoms with Gasteiger partial charge in [0.1, 0.15) is 0 Å². The lowest BCUT2D eigenvalue weighted by Crippen LogP contribution is -2.38. The summed E-state index contributed by atoms with van der Waals surface area (Å²) in [5.74, 6) is -1.10. The van der Waals surface area contributed by atoms with Crippen LogP contribution in [0.1, 0.15) is 30.9 Å². The largest absolute Gasteiger partial charge is 0.490 e. The van der Waals surface area contributed by atoms with E-state index in [-0.39, 0.29) is 18.6 Å². The van der Waals surface area contributed by atoms with Crippen LogP contribution in [0.3, 0.4) is 0 Å². The van der Waals surface area contributed by atoms with Gasteiger partial charge in [0.2, 0.25) is 0 Å². The van der Waals surface area contributed by atoms with Gasteiger partial charge in [0.05, 0.1) is 12.8 Å². The summed E-state index contributed by atoms with van der Waals surface area (Å²) in [6.07, 6.45) is 3.15. The smallest absolute Gasteiger partial charge is 0.329 e. The fraction of sp³-hybridized carbons (Fsp3) is 0.304. The van der Waals surface area contributed by atoms with Crippen molar-refractivity contribution in [2.75, 3.05) is 18.5 Å². The predicted molar refractivity (Wildman–Crippen MR) is 125 cm³/mol. The van der Waals surface area contributed by atoms with Crippen LogP contribution in [0.2, 0.25) is 5.02 Å². The number of benzene rings is 2. The molecule has 0 spiro atoms. The van der Waals surface area contributed by atoms with Crippen LogP contribution >= 0.6 is 11.6 Å². The van der Waals surface area contributed by atoms with E-state index in [9.17, 15) is 14.4 Å². The maximum absolute atomic E-state index is 12.3. The van der Waals surface area contributed by atoms with E-state index in [4.69, 9.17) is 21.1 Å². The van der Waals surface area contributed by atoms with E-state index in [0.29, 0.717) is 34.4 Å². The molecule has 2 aromatic carbocycles. The third kappa shape index (κ3) is 7.21. The number of ether oxygens (including phenoxy) is 2. The lowest BCUT2D eigenvalue weighted by atomic mass is 10.2. The second-order valence-electron chi connectivity index (χ2n) is 7.34. The first-order valence-corrected chi connectivity index (χ1v) is 10.8. The van der Waals surface area contributed by atoms with Crippen molar-refractivity contribution in [3.8, 4) is 11.5 Å². The van der Waals surface area contributed by atoms with Crippen LogP contribution in [-0.4, -0.2) is 43.2 Å². The number of carbonyl (C=O) groups is 3. The highest BCUT2D eigenvalue weighted by molar-refractivity contribution is 6.35. The number of rotatable bonds is 9. The van der Waals surface area contributed by atoms with Gasteiger partial charge in [-0.1, -0.05) is 17.7 Å². The maximum Gasteiger partial charge on any atom is 0.329 e. The van der Waals surface area contributed by atoms with Gasteiger partial charge in [-0.05, 0) is 68.1 Å². The quantitative estimate of drug-likeness (QED) is 0.294. The third-order valence-corrected chi connectivity index (χ3v) is 5.08. The third-order valence-electron chi connectivity index (χ3n) is 4.67. The molecule has 0 saturated heterocycles. The molecule has 1 fully saturated rings. The van der Waals surface area contributed by atoms with Gasteiger partial charge >= 0.3 is 11.8 Å². The van der Waals surface area contributed by atoms with Crippen LogP contribution in [-0.2, 0) is 14.4 Å². The minimum atomic E-state index is -0.830. The zero-order valence-electron chi connectivity index (χ0n) is 18.3. The van der Waals surface area contributed by atoms with Crippen molar-refractivity contribution in [2.24, 2.45) is 5.10 Å². The van der Waals surface area contributed by atoms with E-state index in [2.05, 4.69) is 21.2 Å². The van der Waals surface area contributed by atoms with Crippen LogP contribution in [0.5, 0.6) is 11.5 Å². The predicted octanol–water partition coefficient (Wildman–Crippen LogP) is 2.79. The van der Waals surface area contributed by atoms with E-state index < -0.39 is 11.8 Å². The van der Waals surface area contributed by atoms with Crippen molar-refractivity contribution in [1.82, 2.24) is 10.7 Å². The summed E-state index contributed by atoms with van der Waals surface area (Å²) in [5.41, 5.74) is 4.17. The van der Waals surface area contributed by atoms with Crippen molar-refractivity contribution in [2.45, 2.75) is 32.7 Å². The molecule has 10 heteroatoms. The molecule has 3 amide bonds.